The zero-order valence-corrected chi connectivity index (χ0v) is 18.1. The Morgan fingerprint density at radius 3 is 2.69 bits per heavy atom. The highest BCUT2D eigenvalue weighted by atomic mass is 35.5. The summed E-state index contributed by atoms with van der Waals surface area (Å²) in [5.74, 6) is 0.862. The lowest BCUT2D eigenvalue weighted by molar-refractivity contribution is 0.410. The summed E-state index contributed by atoms with van der Waals surface area (Å²) >= 11 is 14.3. The number of nitrogens with one attached hydrogen (secondary N) is 1. The number of ether oxygens (including phenoxy) is 1. The number of nitrogens with zero attached hydrogens (tertiary/aromatic N) is 3. The monoisotopic (exact) mass is 444 g/mol. The number of para-hydroxylation sites is 1. The molecule has 2 aromatic carbocycles. The van der Waals surface area contributed by atoms with Gasteiger partial charge in [-0.1, -0.05) is 52.7 Å². The van der Waals surface area contributed by atoms with Crippen molar-refractivity contribution in [1.29, 1.82) is 0 Å². The first-order valence-corrected chi connectivity index (χ1v) is 10.5. The highest BCUT2D eigenvalue weighted by molar-refractivity contribution is 7.18. The van der Waals surface area contributed by atoms with E-state index in [1.807, 2.05) is 31.3 Å². The predicted octanol–water partition coefficient (Wildman–Crippen LogP) is 6.23. The number of anilines is 1. The Morgan fingerprint density at radius 1 is 1.14 bits per heavy atom. The Morgan fingerprint density at radius 2 is 1.93 bits per heavy atom. The molecule has 8 heteroatoms. The normalized spacial score (nSPS) is 10.9. The molecule has 0 fully saturated rings. The molecule has 2 aromatic heterocycles. The summed E-state index contributed by atoms with van der Waals surface area (Å²) in [7, 11) is 1.68. The van der Waals surface area contributed by atoms with Crippen molar-refractivity contribution < 1.29 is 4.74 Å². The molecule has 1 N–H and O–H groups in total. The summed E-state index contributed by atoms with van der Waals surface area (Å²) in [6.45, 7) is 2.66. The van der Waals surface area contributed by atoms with Crippen LogP contribution < -0.4 is 10.1 Å². The van der Waals surface area contributed by atoms with E-state index in [9.17, 15) is 0 Å². The van der Waals surface area contributed by atoms with Crippen LogP contribution in [-0.2, 0) is 6.54 Å². The smallest absolute Gasteiger partial charge is 0.183 e. The van der Waals surface area contributed by atoms with Crippen LogP contribution in [0.3, 0.4) is 0 Å². The van der Waals surface area contributed by atoms with E-state index >= 15 is 0 Å². The fraction of sp³-hybridized carbons (Fsp3) is 0.143. The lowest BCUT2D eigenvalue weighted by Crippen LogP contribution is -2.01. The molecule has 0 atom stereocenters. The molecule has 0 bridgehead atoms. The maximum absolute atomic E-state index is 6.36. The maximum atomic E-state index is 6.36. The average Bonchev–Trinajstić information content (AvgIpc) is 3.36. The van der Waals surface area contributed by atoms with E-state index in [4.69, 9.17) is 27.9 Å². The number of halogens is 2. The zero-order valence-electron chi connectivity index (χ0n) is 15.8. The number of thiazole rings is 1. The van der Waals surface area contributed by atoms with Gasteiger partial charge in [0, 0.05) is 18.3 Å². The number of rotatable bonds is 6. The summed E-state index contributed by atoms with van der Waals surface area (Å²) in [5, 5.41) is 9.66. The van der Waals surface area contributed by atoms with Gasteiger partial charge in [0.15, 0.2) is 5.13 Å². The standard InChI is InChI=1S/C21H18Cl2N4OS/c1-13-6-7-14(18(10-13)28-2)11-24-21-25-12-19(29-21)17-8-9-26-27(17)20-15(22)4-3-5-16(20)23/h3-10,12H,11H2,1-2H3,(H,24,25). The van der Waals surface area contributed by atoms with Gasteiger partial charge >= 0.3 is 0 Å². The molecule has 4 aromatic rings. The topological polar surface area (TPSA) is 52.0 Å². The van der Waals surface area contributed by atoms with Gasteiger partial charge in [0.2, 0.25) is 0 Å². The van der Waals surface area contributed by atoms with Gasteiger partial charge in [-0.2, -0.15) is 5.10 Å². The summed E-state index contributed by atoms with van der Waals surface area (Å²) in [5.41, 5.74) is 3.76. The third-order valence-electron chi connectivity index (χ3n) is 4.42. The minimum atomic E-state index is 0.539. The second-order valence-electron chi connectivity index (χ2n) is 6.40. The molecule has 0 unspecified atom stereocenters. The molecule has 2 heterocycles. The van der Waals surface area contributed by atoms with Crippen molar-refractivity contribution >= 4 is 39.7 Å². The lowest BCUT2D eigenvalue weighted by Gasteiger charge is -2.10. The summed E-state index contributed by atoms with van der Waals surface area (Å²) in [4.78, 5) is 5.45. The highest BCUT2D eigenvalue weighted by Gasteiger charge is 2.16. The van der Waals surface area contributed by atoms with Gasteiger partial charge < -0.3 is 10.1 Å². The molecule has 29 heavy (non-hydrogen) atoms. The lowest BCUT2D eigenvalue weighted by atomic mass is 10.1. The van der Waals surface area contributed by atoms with Gasteiger partial charge in [0.1, 0.15) is 11.4 Å². The third-order valence-corrected chi connectivity index (χ3v) is 6.01. The number of aryl methyl sites for hydroxylation is 1. The molecule has 148 valence electrons. The molecule has 0 saturated carbocycles. The Bertz CT molecular complexity index is 1140. The van der Waals surface area contributed by atoms with E-state index in [0.717, 1.165) is 32.6 Å². The Labute approximate surface area is 182 Å². The molecule has 5 nitrogen and oxygen atoms in total. The number of aromatic nitrogens is 3. The molecule has 4 rings (SSSR count). The second kappa shape index (κ2) is 8.45. The van der Waals surface area contributed by atoms with Crippen LogP contribution in [0.25, 0.3) is 16.3 Å². The van der Waals surface area contributed by atoms with Crippen LogP contribution in [-0.4, -0.2) is 21.9 Å². The third kappa shape index (κ3) is 4.10. The van der Waals surface area contributed by atoms with Crippen molar-refractivity contribution in [2.45, 2.75) is 13.5 Å². The Kier molecular flexibility index (Phi) is 5.76. The van der Waals surface area contributed by atoms with Crippen molar-refractivity contribution in [1.82, 2.24) is 14.8 Å². The van der Waals surface area contributed by atoms with Crippen molar-refractivity contribution in [3.63, 3.8) is 0 Å². The van der Waals surface area contributed by atoms with Crippen molar-refractivity contribution in [2.75, 3.05) is 12.4 Å². The van der Waals surface area contributed by atoms with E-state index in [-0.39, 0.29) is 0 Å². The summed E-state index contributed by atoms with van der Waals surface area (Å²) in [6, 6.07) is 13.5. The van der Waals surface area contributed by atoms with Crippen LogP contribution >= 0.6 is 34.5 Å². The van der Waals surface area contributed by atoms with Crippen molar-refractivity contribution in [3.05, 3.63) is 76.0 Å². The van der Waals surface area contributed by atoms with Crippen LogP contribution in [0.15, 0.2) is 54.9 Å². The van der Waals surface area contributed by atoms with E-state index in [1.54, 1.807) is 30.1 Å². The molecule has 0 spiro atoms. The Hall–Kier alpha value is -2.54. The summed E-state index contributed by atoms with van der Waals surface area (Å²) in [6.07, 6.45) is 3.54. The fourth-order valence-electron chi connectivity index (χ4n) is 3.00. The minimum Gasteiger partial charge on any atom is -0.496 e. The predicted molar refractivity (Wildman–Crippen MR) is 120 cm³/mol. The molecular formula is C21H18Cl2N4OS. The van der Waals surface area contributed by atoms with Crippen molar-refractivity contribution in [2.24, 2.45) is 0 Å². The average molecular weight is 445 g/mol. The van der Waals surface area contributed by atoms with E-state index in [2.05, 4.69) is 27.5 Å². The van der Waals surface area contributed by atoms with Gasteiger partial charge in [-0.15, -0.1) is 0 Å². The molecular weight excluding hydrogens is 427 g/mol. The number of methoxy groups -OCH3 is 1. The van der Waals surface area contributed by atoms with Crippen molar-refractivity contribution in [3.8, 4) is 22.0 Å². The second-order valence-corrected chi connectivity index (χ2v) is 8.24. The molecule has 0 saturated heterocycles. The van der Waals surface area contributed by atoms with Gasteiger partial charge in [-0.3, -0.25) is 0 Å². The van der Waals surface area contributed by atoms with Crippen LogP contribution in [0.2, 0.25) is 10.0 Å². The quantitative estimate of drug-likeness (QED) is 0.382. The van der Waals surface area contributed by atoms with E-state index < -0.39 is 0 Å². The summed E-state index contributed by atoms with van der Waals surface area (Å²) < 4.78 is 7.21. The first-order valence-electron chi connectivity index (χ1n) is 8.89. The largest absolute Gasteiger partial charge is 0.496 e. The molecule has 0 amide bonds. The van der Waals surface area contributed by atoms with Gasteiger partial charge in [0.05, 0.1) is 33.9 Å². The molecule has 0 aliphatic carbocycles. The van der Waals surface area contributed by atoms with Crippen LogP contribution in [0.1, 0.15) is 11.1 Å². The first kappa shape index (κ1) is 19.8. The molecule has 0 radical (unpaired) electrons. The number of hydrogen-bond donors (Lipinski definition) is 1. The van der Waals surface area contributed by atoms with E-state index in [0.29, 0.717) is 22.3 Å². The fourth-order valence-corrected chi connectivity index (χ4v) is 4.38. The van der Waals surface area contributed by atoms with Gasteiger partial charge in [-0.25, -0.2) is 9.67 Å². The molecule has 0 aliphatic rings. The minimum absolute atomic E-state index is 0.539. The van der Waals surface area contributed by atoms with E-state index in [1.165, 1.54) is 11.3 Å². The maximum Gasteiger partial charge on any atom is 0.183 e. The SMILES string of the molecule is COc1cc(C)ccc1CNc1ncc(-c2ccnn2-c2c(Cl)cccc2Cl)s1. The number of hydrogen-bond acceptors (Lipinski definition) is 5. The Balaban J connectivity index is 1.58. The number of benzene rings is 2. The van der Waals surface area contributed by atoms with Gasteiger partial charge in [0.25, 0.3) is 0 Å². The van der Waals surface area contributed by atoms with Crippen LogP contribution in [0.4, 0.5) is 5.13 Å². The van der Waals surface area contributed by atoms with Gasteiger partial charge in [-0.05, 0) is 36.8 Å². The zero-order chi connectivity index (χ0) is 20.4. The van der Waals surface area contributed by atoms with Crippen LogP contribution in [0, 0.1) is 6.92 Å². The first-order chi connectivity index (χ1) is 14.1. The molecule has 0 aliphatic heterocycles. The highest BCUT2D eigenvalue weighted by Crippen LogP contribution is 2.35. The van der Waals surface area contributed by atoms with Crippen LogP contribution in [0.5, 0.6) is 5.75 Å².